The molecule has 0 saturated carbocycles. The molecule has 4 heteroatoms. The lowest BCUT2D eigenvalue weighted by molar-refractivity contribution is 0.174. The fourth-order valence-electron chi connectivity index (χ4n) is 1.24. The highest BCUT2D eigenvalue weighted by Gasteiger charge is 2.07. The highest BCUT2D eigenvalue weighted by Crippen LogP contribution is 2.27. The fraction of sp³-hybridized carbons (Fsp3) is 0.500. The number of nitrogens with zero attached hydrogens (tertiary/aromatic N) is 1. The monoisotopic (exact) mass is 259 g/mol. The van der Waals surface area contributed by atoms with Crippen LogP contribution in [0.2, 0.25) is 5.02 Å². The number of benzene rings is 1. The van der Waals surface area contributed by atoms with Crippen molar-refractivity contribution < 1.29 is 5.11 Å². The van der Waals surface area contributed by atoms with E-state index in [0.29, 0.717) is 5.75 Å². The summed E-state index contributed by atoms with van der Waals surface area (Å²) in [4.78, 5) is 3.11. The van der Waals surface area contributed by atoms with Crippen LogP contribution in [0.4, 0.5) is 0 Å². The number of hydrogen-bond acceptors (Lipinski definition) is 3. The van der Waals surface area contributed by atoms with Gasteiger partial charge in [0.25, 0.3) is 0 Å². The van der Waals surface area contributed by atoms with Crippen molar-refractivity contribution in [2.24, 2.45) is 0 Å². The molecule has 1 aromatic carbocycles. The lowest BCUT2D eigenvalue weighted by atomic mass is 10.3. The highest BCUT2D eigenvalue weighted by atomic mass is 35.5. The second-order valence-corrected chi connectivity index (χ2v) is 5.46. The Morgan fingerprint density at radius 3 is 2.69 bits per heavy atom. The molecule has 1 aromatic rings. The van der Waals surface area contributed by atoms with Crippen molar-refractivity contribution in [1.82, 2.24) is 4.90 Å². The summed E-state index contributed by atoms with van der Waals surface area (Å²) < 4.78 is 0. The molecular weight excluding hydrogens is 242 g/mol. The summed E-state index contributed by atoms with van der Waals surface area (Å²) in [6.07, 6.45) is 0.522. The third-order valence-corrected chi connectivity index (χ3v) is 3.84. The second kappa shape index (κ2) is 7.17. The molecule has 1 atom stereocenters. The molecule has 0 aliphatic heterocycles. The molecule has 0 heterocycles. The first kappa shape index (κ1) is 13.8. The molecule has 0 saturated heterocycles. The number of aliphatic hydroxyl groups is 1. The Bertz CT molecular complexity index is 320. The predicted octanol–water partition coefficient (Wildman–Crippen LogP) is 2.74. The standard InChI is InChI=1S/C12H18ClNOS/c1-14(2)8-7-10(15)9-16-12-6-4-3-5-11(12)13/h3-6,10,15H,7-9H2,1-2H3. The summed E-state index contributed by atoms with van der Waals surface area (Å²) in [6, 6.07) is 7.72. The van der Waals surface area contributed by atoms with E-state index in [4.69, 9.17) is 11.6 Å². The Balaban J connectivity index is 2.31. The number of hydrogen-bond donors (Lipinski definition) is 1. The van der Waals surface area contributed by atoms with Gasteiger partial charge in [-0.2, -0.15) is 0 Å². The number of rotatable bonds is 6. The van der Waals surface area contributed by atoms with E-state index in [-0.39, 0.29) is 6.10 Å². The van der Waals surface area contributed by atoms with Crippen molar-refractivity contribution >= 4 is 23.4 Å². The van der Waals surface area contributed by atoms with Gasteiger partial charge in [-0.15, -0.1) is 11.8 Å². The summed E-state index contributed by atoms with van der Waals surface area (Å²) in [6.45, 7) is 0.907. The number of thioether (sulfide) groups is 1. The Labute approximate surface area is 107 Å². The zero-order valence-corrected chi connectivity index (χ0v) is 11.3. The molecule has 1 rings (SSSR count). The van der Waals surface area contributed by atoms with Gasteiger partial charge in [0.15, 0.2) is 0 Å². The molecular formula is C12H18ClNOS. The lowest BCUT2D eigenvalue weighted by Crippen LogP contribution is -2.20. The smallest absolute Gasteiger partial charge is 0.0646 e. The largest absolute Gasteiger partial charge is 0.392 e. The van der Waals surface area contributed by atoms with Crippen molar-refractivity contribution in [3.8, 4) is 0 Å². The van der Waals surface area contributed by atoms with Crippen LogP contribution in [-0.4, -0.2) is 42.5 Å². The molecule has 0 radical (unpaired) electrons. The minimum Gasteiger partial charge on any atom is -0.392 e. The zero-order chi connectivity index (χ0) is 12.0. The van der Waals surface area contributed by atoms with Crippen LogP contribution < -0.4 is 0 Å². The van der Waals surface area contributed by atoms with Gasteiger partial charge in [0.1, 0.15) is 0 Å². The van der Waals surface area contributed by atoms with E-state index in [1.807, 2.05) is 38.4 Å². The first-order chi connectivity index (χ1) is 7.59. The Morgan fingerprint density at radius 1 is 1.38 bits per heavy atom. The maximum atomic E-state index is 9.76. The normalized spacial score (nSPS) is 13.1. The minimum atomic E-state index is -0.274. The quantitative estimate of drug-likeness (QED) is 0.795. The van der Waals surface area contributed by atoms with Crippen LogP contribution in [0.3, 0.4) is 0 Å². The maximum Gasteiger partial charge on any atom is 0.0646 e. The molecule has 1 unspecified atom stereocenters. The number of halogens is 1. The Hall–Kier alpha value is -0.220. The van der Waals surface area contributed by atoms with Crippen molar-refractivity contribution in [2.75, 3.05) is 26.4 Å². The maximum absolute atomic E-state index is 9.76. The van der Waals surface area contributed by atoms with Gasteiger partial charge in [0, 0.05) is 17.2 Å². The van der Waals surface area contributed by atoms with E-state index in [1.165, 1.54) is 0 Å². The van der Waals surface area contributed by atoms with Crippen molar-refractivity contribution in [3.63, 3.8) is 0 Å². The lowest BCUT2D eigenvalue weighted by Gasteiger charge is -2.14. The molecule has 0 bridgehead atoms. The van der Waals surface area contributed by atoms with Gasteiger partial charge in [-0.25, -0.2) is 0 Å². The van der Waals surface area contributed by atoms with Crippen LogP contribution in [0, 0.1) is 0 Å². The predicted molar refractivity (Wildman–Crippen MR) is 71.4 cm³/mol. The summed E-state index contributed by atoms with van der Waals surface area (Å²) in [5.41, 5.74) is 0. The molecule has 0 amide bonds. The molecule has 0 aliphatic rings. The third-order valence-electron chi connectivity index (χ3n) is 2.18. The topological polar surface area (TPSA) is 23.5 Å². The Kier molecular flexibility index (Phi) is 6.21. The summed E-state index contributed by atoms with van der Waals surface area (Å²) >= 11 is 7.63. The third kappa shape index (κ3) is 5.21. The molecule has 0 spiro atoms. The molecule has 16 heavy (non-hydrogen) atoms. The molecule has 2 nitrogen and oxygen atoms in total. The van der Waals surface area contributed by atoms with E-state index in [9.17, 15) is 5.11 Å². The molecule has 0 aromatic heterocycles. The van der Waals surface area contributed by atoms with E-state index >= 15 is 0 Å². The van der Waals surface area contributed by atoms with Crippen LogP contribution >= 0.6 is 23.4 Å². The minimum absolute atomic E-state index is 0.274. The first-order valence-electron chi connectivity index (χ1n) is 5.29. The summed E-state index contributed by atoms with van der Waals surface area (Å²) in [5.74, 6) is 0.692. The molecule has 90 valence electrons. The van der Waals surface area contributed by atoms with Gasteiger partial charge in [-0.05, 0) is 32.6 Å². The van der Waals surface area contributed by atoms with E-state index in [2.05, 4.69) is 4.90 Å². The van der Waals surface area contributed by atoms with E-state index in [1.54, 1.807) is 11.8 Å². The van der Waals surface area contributed by atoms with Crippen molar-refractivity contribution in [2.45, 2.75) is 17.4 Å². The van der Waals surface area contributed by atoms with Crippen LogP contribution in [0.1, 0.15) is 6.42 Å². The van der Waals surface area contributed by atoms with Gasteiger partial charge in [-0.1, -0.05) is 23.7 Å². The molecule has 0 fully saturated rings. The van der Waals surface area contributed by atoms with Crippen LogP contribution in [0.15, 0.2) is 29.2 Å². The van der Waals surface area contributed by atoms with Crippen molar-refractivity contribution in [3.05, 3.63) is 29.3 Å². The Morgan fingerprint density at radius 2 is 2.06 bits per heavy atom. The summed E-state index contributed by atoms with van der Waals surface area (Å²) in [5, 5.41) is 10.5. The number of aliphatic hydroxyl groups excluding tert-OH is 1. The average molecular weight is 260 g/mol. The summed E-state index contributed by atoms with van der Waals surface area (Å²) in [7, 11) is 4.02. The van der Waals surface area contributed by atoms with Gasteiger partial charge < -0.3 is 10.0 Å². The van der Waals surface area contributed by atoms with Crippen LogP contribution in [-0.2, 0) is 0 Å². The van der Waals surface area contributed by atoms with E-state index < -0.39 is 0 Å². The molecule has 0 aliphatic carbocycles. The van der Waals surface area contributed by atoms with Crippen LogP contribution in [0.25, 0.3) is 0 Å². The van der Waals surface area contributed by atoms with Crippen LogP contribution in [0.5, 0.6) is 0 Å². The highest BCUT2D eigenvalue weighted by molar-refractivity contribution is 7.99. The van der Waals surface area contributed by atoms with Gasteiger partial charge in [0.05, 0.1) is 11.1 Å². The van der Waals surface area contributed by atoms with Gasteiger partial charge >= 0.3 is 0 Å². The van der Waals surface area contributed by atoms with Crippen molar-refractivity contribution in [1.29, 1.82) is 0 Å². The zero-order valence-electron chi connectivity index (χ0n) is 9.69. The van der Waals surface area contributed by atoms with Gasteiger partial charge in [-0.3, -0.25) is 0 Å². The van der Waals surface area contributed by atoms with E-state index in [0.717, 1.165) is 22.9 Å². The first-order valence-corrected chi connectivity index (χ1v) is 6.66. The van der Waals surface area contributed by atoms with Gasteiger partial charge in [0.2, 0.25) is 0 Å². The molecule has 1 N–H and O–H groups in total. The second-order valence-electron chi connectivity index (χ2n) is 3.99. The average Bonchev–Trinajstić information content (AvgIpc) is 2.25. The SMILES string of the molecule is CN(C)CCC(O)CSc1ccccc1Cl. The fourth-order valence-corrected chi connectivity index (χ4v) is 2.46.